The minimum absolute atomic E-state index is 0.168. The van der Waals surface area contributed by atoms with Gasteiger partial charge in [0.2, 0.25) is 0 Å². The zero-order valence-corrected chi connectivity index (χ0v) is 13.1. The van der Waals surface area contributed by atoms with E-state index < -0.39 is 0 Å². The number of fused-ring (bicyclic) bond motifs is 1. The summed E-state index contributed by atoms with van der Waals surface area (Å²) in [5.74, 6) is 1.70. The Hall–Kier alpha value is -2.00. The van der Waals surface area contributed by atoms with E-state index in [1.807, 2.05) is 43.3 Å². The predicted octanol–water partition coefficient (Wildman–Crippen LogP) is 4.64. The molecule has 0 N–H and O–H groups in total. The number of aryl methyl sites for hydroxylation is 1. The van der Waals surface area contributed by atoms with E-state index in [1.54, 1.807) is 7.11 Å². The van der Waals surface area contributed by atoms with E-state index in [4.69, 9.17) is 16.3 Å². The molecular weight excluding hydrogens is 284 g/mol. The number of halogens is 1. The van der Waals surface area contributed by atoms with Crippen molar-refractivity contribution in [3.63, 3.8) is 0 Å². The summed E-state index contributed by atoms with van der Waals surface area (Å²) in [5, 5.41) is -0.168. The molecule has 0 saturated heterocycles. The molecular formula is C17H17ClN2O. The molecule has 21 heavy (non-hydrogen) atoms. The number of ether oxygens (including phenoxy) is 1. The molecule has 0 bridgehead atoms. The van der Waals surface area contributed by atoms with Crippen molar-refractivity contribution in [2.75, 3.05) is 7.11 Å². The number of benzene rings is 2. The van der Waals surface area contributed by atoms with Gasteiger partial charge in [-0.05, 0) is 49.7 Å². The maximum atomic E-state index is 6.33. The van der Waals surface area contributed by atoms with Gasteiger partial charge in [0, 0.05) is 0 Å². The number of aromatic nitrogens is 2. The van der Waals surface area contributed by atoms with Gasteiger partial charge in [0.05, 0.1) is 29.2 Å². The van der Waals surface area contributed by atoms with E-state index in [0.29, 0.717) is 0 Å². The summed E-state index contributed by atoms with van der Waals surface area (Å²) in [4.78, 5) is 4.67. The van der Waals surface area contributed by atoms with Crippen LogP contribution in [0.2, 0.25) is 0 Å². The molecule has 0 saturated carbocycles. The normalized spacial score (nSPS) is 12.6. The first kappa shape index (κ1) is 14.0. The smallest absolute Gasteiger partial charge is 0.132 e. The van der Waals surface area contributed by atoms with E-state index in [9.17, 15) is 0 Å². The van der Waals surface area contributed by atoms with Gasteiger partial charge in [-0.3, -0.25) is 4.57 Å². The fourth-order valence-corrected chi connectivity index (χ4v) is 2.72. The minimum atomic E-state index is -0.168. The molecule has 1 unspecified atom stereocenters. The van der Waals surface area contributed by atoms with Crippen molar-refractivity contribution in [3.8, 4) is 11.4 Å². The summed E-state index contributed by atoms with van der Waals surface area (Å²) in [7, 11) is 1.67. The fourth-order valence-electron chi connectivity index (χ4n) is 2.57. The highest BCUT2D eigenvalue weighted by molar-refractivity contribution is 6.20. The summed E-state index contributed by atoms with van der Waals surface area (Å²) in [6.45, 7) is 4.01. The highest BCUT2D eigenvalue weighted by atomic mass is 35.5. The molecule has 3 rings (SSSR count). The third-order valence-corrected chi connectivity index (χ3v) is 3.78. The molecule has 0 radical (unpaired) electrons. The van der Waals surface area contributed by atoms with Crippen LogP contribution in [0.5, 0.6) is 5.75 Å². The number of imidazole rings is 1. The number of hydrogen-bond donors (Lipinski definition) is 0. The quantitative estimate of drug-likeness (QED) is 0.659. The first-order valence-corrected chi connectivity index (χ1v) is 7.32. The Balaban J connectivity index is 2.30. The molecule has 2 aromatic carbocycles. The third kappa shape index (κ3) is 2.38. The van der Waals surface area contributed by atoms with Crippen LogP contribution in [-0.4, -0.2) is 16.7 Å². The molecule has 1 aromatic heterocycles. The molecule has 0 aliphatic heterocycles. The van der Waals surface area contributed by atoms with Crippen LogP contribution in [0.15, 0.2) is 42.5 Å². The summed E-state index contributed by atoms with van der Waals surface area (Å²) in [5.41, 5.74) is 4.21. The van der Waals surface area contributed by atoms with Crippen molar-refractivity contribution in [1.82, 2.24) is 9.55 Å². The van der Waals surface area contributed by atoms with Crippen LogP contribution < -0.4 is 4.74 Å². The number of rotatable bonds is 3. The largest absolute Gasteiger partial charge is 0.497 e. The van der Waals surface area contributed by atoms with Gasteiger partial charge >= 0.3 is 0 Å². The minimum Gasteiger partial charge on any atom is -0.497 e. The molecule has 0 fully saturated rings. The maximum absolute atomic E-state index is 6.33. The second-order valence-electron chi connectivity index (χ2n) is 5.06. The Morgan fingerprint density at radius 3 is 2.62 bits per heavy atom. The lowest BCUT2D eigenvalue weighted by Gasteiger charge is -2.14. The zero-order chi connectivity index (χ0) is 15.0. The average molecular weight is 301 g/mol. The number of methoxy groups -OCH3 is 1. The summed E-state index contributed by atoms with van der Waals surface area (Å²) >= 11 is 6.33. The first-order valence-electron chi connectivity index (χ1n) is 6.88. The van der Waals surface area contributed by atoms with Crippen LogP contribution in [-0.2, 0) is 0 Å². The lowest BCUT2D eigenvalue weighted by atomic mass is 10.1. The fraction of sp³-hybridized carbons (Fsp3) is 0.235. The molecule has 1 atom stereocenters. The number of alkyl halides is 1. The van der Waals surface area contributed by atoms with Crippen molar-refractivity contribution >= 4 is 22.6 Å². The Kier molecular flexibility index (Phi) is 3.60. The van der Waals surface area contributed by atoms with Crippen LogP contribution in [0.25, 0.3) is 16.7 Å². The van der Waals surface area contributed by atoms with Crippen molar-refractivity contribution in [2.24, 2.45) is 0 Å². The van der Waals surface area contributed by atoms with Crippen LogP contribution in [0, 0.1) is 6.92 Å². The molecule has 0 aliphatic rings. The van der Waals surface area contributed by atoms with Gasteiger partial charge in [0.15, 0.2) is 0 Å². The lowest BCUT2D eigenvalue weighted by Crippen LogP contribution is -2.04. The third-order valence-electron chi connectivity index (χ3n) is 3.59. The van der Waals surface area contributed by atoms with E-state index in [2.05, 4.69) is 22.5 Å². The van der Waals surface area contributed by atoms with E-state index >= 15 is 0 Å². The Labute approximate surface area is 129 Å². The van der Waals surface area contributed by atoms with Crippen LogP contribution in [0.4, 0.5) is 0 Å². The molecule has 0 amide bonds. The standard InChI is InChI=1S/C17H17ClN2O/c1-11-10-13(21-3)8-9-15(11)20-16-7-5-4-6-14(16)19-17(20)12(2)18/h4-10,12H,1-3H3. The Morgan fingerprint density at radius 2 is 1.95 bits per heavy atom. The van der Waals surface area contributed by atoms with Gasteiger partial charge in [-0.25, -0.2) is 4.98 Å². The van der Waals surface area contributed by atoms with Crippen molar-refractivity contribution < 1.29 is 4.74 Å². The van der Waals surface area contributed by atoms with Gasteiger partial charge in [-0.2, -0.15) is 0 Å². The first-order chi connectivity index (χ1) is 10.1. The van der Waals surface area contributed by atoms with Crippen LogP contribution in [0.1, 0.15) is 23.7 Å². The van der Waals surface area contributed by atoms with Gasteiger partial charge in [-0.15, -0.1) is 11.6 Å². The second-order valence-corrected chi connectivity index (χ2v) is 5.72. The van der Waals surface area contributed by atoms with E-state index in [0.717, 1.165) is 33.9 Å². The summed E-state index contributed by atoms with van der Waals surface area (Å²) in [6.07, 6.45) is 0. The number of para-hydroxylation sites is 2. The molecule has 108 valence electrons. The second kappa shape index (κ2) is 5.41. The molecule has 0 aliphatic carbocycles. The predicted molar refractivity (Wildman–Crippen MR) is 86.6 cm³/mol. The van der Waals surface area contributed by atoms with Crippen LogP contribution >= 0.6 is 11.6 Å². The van der Waals surface area contributed by atoms with Gasteiger partial charge in [0.25, 0.3) is 0 Å². The monoisotopic (exact) mass is 300 g/mol. The Morgan fingerprint density at radius 1 is 1.19 bits per heavy atom. The van der Waals surface area contributed by atoms with E-state index in [1.165, 1.54) is 0 Å². The highest BCUT2D eigenvalue weighted by Gasteiger charge is 2.17. The molecule has 3 nitrogen and oxygen atoms in total. The maximum Gasteiger partial charge on any atom is 0.132 e. The van der Waals surface area contributed by atoms with Crippen molar-refractivity contribution in [2.45, 2.75) is 19.2 Å². The van der Waals surface area contributed by atoms with Crippen molar-refractivity contribution in [1.29, 1.82) is 0 Å². The lowest BCUT2D eigenvalue weighted by molar-refractivity contribution is 0.414. The van der Waals surface area contributed by atoms with Gasteiger partial charge in [0.1, 0.15) is 11.6 Å². The molecule has 4 heteroatoms. The molecule has 3 aromatic rings. The Bertz CT molecular complexity index is 793. The highest BCUT2D eigenvalue weighted by Crippen LogP contribution is 2.30. The van der Waals surface area contributed by atoms with Gasteiger partial charge in [-0.1, -0.05) is 12.1 Å². The van der Waals surface area contributed by atoms with E-state index in [-0.39, 0.29) is 5.38 Å². The van der Waals surface area contributed by atoms with Crippen LogP contribution in [0.3, 0.4) is 0 Å². The number of hydrogen-bond acceptors (Lipinski definition) is 2. The summed E-state index contributed by atoms with van der Waals surface area (Å²) in [6, 6.07) is 14.1. The zero-order valence-electron chi connectivity index (χ0n) is 12.3. The molecule has 0 spiro atoms. The van der Waals surface area contributed by atoms with Gasteiger partial charge < -0.3 is 4.74 Å². The average Bonchev–Trinajstić information content (AvgIpc) is 2.86. The number of nitrogens with zero attached hydrogens (tertiary/aromatic N) is 2. The summed E-state index contributed by atoms with van der Waals surface area (Å²) < 4.78 is 7.41. The topological polar surface area (TPSA) is 27.1 Å². The molecule has 1 heterocycles. The SMILES string of the molecule is COc1ccc(-n2c(C(C)Cl)nc3ccccc32)c(C)c1. The van der Waals surface area contributed by atoms with Crippen molar-refractivity contribution in [3.05, 3.63) is 53.9 Å².